The van der Waals surface area contributed by atoms with Gasteiger partial charge in [-0.1, -0.05) is 24.4 Å². The van der Waals surface area contributed by atoms with E-state index in [1.54, 1.807) is 32.9 Å². The van der Waals surface area contributed by atoms with E-state index in [1.807, 2.05) is 0 Å². The maximum atomic E-state index is 14.2. The van der Waals surface area contributed by atoms with Crippen LogP contribution in [0.2, 0.25) is 0 Å². The molecule has 0 saturated heterocycles. The van der Waals surface area contributed by atoms with Crippen LogP contribution >= 0.6 is 12.2 Å². The fourth-order valence-electron chi connectivity index (χ4n) is 2.33. The summed E-state index contributed by atoms with van der Waals surface area (Å²) in [5.41, 5.74) is 5.69. The smallest absolute Gasteiger partial charge is 0.344 e. The summed E-state index contributed by atoms with van der Waals surface area (Å²) in [6.45, 7) is 4.63. The van der Waals surface area contributed by atoms with Gasteiger partial charge in [-0.15, -0.1) is 0 Å². The lowest BCUT2D eigenvalue weighted by Crippen LogP contribution is -2.34. The van der Waals surface area contributed by atoms with E-state index in [4.69, 9.17) is 27.4 Å². The molecule has 164 valence electrons. The number of imide groups is 1. The minimum Gasteiger partial charge on any atom is -0.479 e. The molecule has 3 amide bonds. The summed E-state index contributed by atoms with van der Waals surface area (Å²) in [6, 6.07) is 8.78. The molecule has 0 heterocycles. The number of nitrogens with two attached hydrogens (primary N) is 1. The van der Waals surface area contributed by atoms with Gasteiger partial charge in [0.05, 0.1) is 0 Å². The number of urea groups is 1. The van der Waals surface area contributed by atoms with Crippen molar-refractivity contribution in [1.82, 2.24) is 5.32 Å². The average molecular weight is 447 g/mol. The Bertz CT molecular complexity index is 1000. The number of benzene rings is 2. The van der Waals surface area contributed by atoms with E-state index >= 15 is 0 Å². The van der Waals surface area contributed by atoms with Gasteiger partial charge in [0.2, 0.25) is 0 Å². The largest absolute Gasteiger partial charge is 0.479 e. The highest BCUT2D eigenvalue weighted by Crippen LogP contribution is 2.21. The van der Waals surface area contributed by atoms with E-state index in [9.17, 15) is 18.8 Å². The fourth-order valence-corrected chi connectivity index (χ4v) is 2.46. The third-order valence-corrected chi connectivity index (χ3v) is 3.85. The van der Waals surface area contributed by atoms with E-state index in [-0.39, 0.29) is 22.0 Å². The van der Waals surface area contributed by atoms with E-state index < -0.39 is 35.9 Å². The fraction of sp³-hybridized carbons (Fsp3) is 0.238. The van der Waals surface area contributed by atoms with Gasteiger partial charge in [-0.2, -0.15) is 0 Å². The zero-order valence-corrected chi connectivity index (χ0v) is 18.0. The van der Waals surface area contributed by atoms with E-state index in [0.29, 0.717) is 5.56 Å². The number of rotatable bonds is 6. The Morgan fingerprint density at radius 1 is 1.06 bits per heavy atom. The van der Waals surface area contributed by atoms with Crippen molar-refractivity contribution in [2.45, 2.75) is 26.4 Å². The molecule has 10 heteroatoms. The highest BCUT2D eigenvalue weighted by molar-refractivity contribution is 7.80. The Balaban J connectivity index is 1.91. The molecule has 0 bridgehead atoms. The molecule has 2 rings (SSSR count). The highest BCUT2D eigenvalue weighted by Gasteiger charge is 2.17. The van der Waals surface area contributed by atoms with Gasteiger partial charge < -0.3 is 20.5 Å². The molecule has 0 aliphatic carbocycles. The Morgan fingerprint density at radius 3 is 2.23 bits per heavy atom. The summed E-state index contributed by atoms with van der Waals surface area (Å²) >= 11 is 4.83. The number of carbonyl (C=O) groups is 3. The summed E-state index contributed by atoms with van der Waals surface area (Å²) in [6.07, 6.45) is 0. The predicted molar refractivity (Wildman–Crippen MR) is 117 cm³/mol. The first-order chi connectivity index (χ1) is 14.4. The van der Waals surface area contributed by atoms with Crippen LogP contribution in [0.15, 0.2) is 42.5 Å². The molecule has 0 spiro atoms. The zero-order chi connectivity index (χ0) is 23.2. The van der Waals surface area contributed by atoms with Crippen LogP contribution in [0, 0.1) is 5.82 Å². The molecule has 8 nitrogen and oxygen atoms in total. The molecule has 0 fully saturated rings. The topological polar surface area (TPSA) is 120 Å². The van der Waals surface area contributed by atoms with E-state index in [1.165, 1.54) is 24.3 Å². The van der Waals surface area contributed by atoms with Crippen molar-refractivity contribution in [1.29, 1.82) is 0 Å². The summed E-state index contributed by atoms with van der Waals surface area (Å²) in [7, 11) is 0. The normalized spacial score (nSPS) is 10.7. The summed E-state index contributed by atoms with van der Waals surface area (Å²) in [4.78, 5) is 36.0. The lowest BCUT2D eigenvalue weighted by Gasteiger charge is -2.19. The van der Waals surface area contributed by atoms with Gasteiger partial charge in [-0.05, 0) is 45.0 Å². The number of halogens is 1. The molecule has 0 unspecified atom stereocenters. The van der Waals surface area contributed by atoms with Gasteiger partial charge in [0.25, 0.3) is 5.91 Å². The first kappa shape index (κ1) is 23.7. The monoisotopic (exact) mass is 447 g/mol. The standard InChI is InChI=1S/C21H22FN3O5S/c1-21(2,3)30-17(26)11-29-16-9-8-14(10-15(16)22)24-20(28)25-19(27)13-6-4-12(5-7-13)18(23)31/h4-10H,11H2,1-3H3,(H2,23,31)(H2,24,25,27,28). The molecule has 0 aromatic heterocycles. The summed E-state index contributed by atoms with van der Waals surface area (Å²) in [5, 5.41) is 4.46. The number of amides is 3. The Hall–Kier alpha value is -3.53. The second-order valence-corrected chi connectivity index (χ2v) is 7.81. The van der Waals surface area contributed by atoms with Gasteiger partial charge in [0, 0.05) is 22.9 Å². The Labute approximate surface area is 183 Å². The molecule has 0 atom stereocenters. The van der Waals surface area contributed by atoms with E-state index in [2.05, 4.69) is 10.6 Å². The quantitative estimate of drug-likeness (QED) is 0.460. The number of hydrogen-bond donors (Lipinski definition) is 3. The second kappa shape index (κ2) is 9.98. The van der Waals surface area contributed by atoms with Crippen LogP contribution in [0.25, 0.3) is 0 Å². The van der Waals surface area contributed by atoms with Crippen molar-refractivity contribution in [3.8, 4) is 5.75 Å². The number of ether oxygens (including phenoxy) is 2. The molecule has 2 aromatic carbocycles. The first-order valence-electron chi connectivity index (χ1n) is 9.11. The molecule has 4 N–H and O–H groups in total. The lowest BCUT2D eigenvalue weighted by atomic mass is 10.1. The Morgan fingerprint density at radius 2 is 1.68 bits per heavy atom. The van der Waals surface area contributed by atoms with Crippen LogP contribution in [0.5, 0.6) is 5.75 Å². The third kappa shape index (κ3) is 7.67. The lowest BCUT2D eigenvalue weighted by molar-refractivity contribution is -0.157. The number of nitrogens with one attached hydrogen (secondary N) is 2. The molecule has 0 radical (unpaired) electrons. The number of thiocarbonyl (C=S) groups is 1. The molecule has 31 heavy (non-hydrogen) atoms. The molecular formula is C21H22FN3O5S. The minimum absolute atomic E-state index is 0.0799. The molecule has 2 aromatic rings. The molecule has 0 aliphatic rings. The number of anilines is 1. The molecule has 0 saturated carbocycles. The molecular weight excluding hydrogens is 425 g/mol. The van der Waals surface area contributed by atoms with Crippen LogP contribution in [0.1, 0.15) is 36.7 Å². The first-order valence-corrected chi connectivity index (χ1v) is 9.52. The van der Waals surface area contributed by atoms with Gasteiger partial charge in [0.1, 0.15) is 10.6 Å². The van der Waals surface area contributed by atoms with Gasteiger partial charge in [-0.25, -0.2) is 14.0 Å². The van der Waals surface area contributed by atoms with Crippen LogP contribution < -0.4 is 21.1 Å². The van der Waals surface area contributed by atoms with Crippen molar-refractivity contribution in [3.05, 3.63) is 59.4 Å². The van der Waals surface area contributed by atoms with Crippen LogP contribution in [0.3, 0.4) is 0 Å². The van der Waals surface area contributed by atoms with Crippen LogP contribution in [0.4, 0.5) is 14.9 Å². The van der Waals surface area contributed by atoms with Gasteiger partial charge in [-0.3, -0.25) is 10.1 Å². The molecule has 0 aliphatic heterocycles. The SMILES string of the molecule is CC(C)(C)OC(=O)COc1ccc(NC(=O)NC(=O)c2ccc(C(N)=S)cc2)cc1F. The predicted octanol–water partition coefficient (Wildman–Crippen LogP) is 3.14. The maximum Gasteiger partial charge on any atom is 0.344 e. The highest BCUT2D eigenvalue weighted by atomic mass is 32.1. The van der Waals surface area contributed by atoms with Crippen LogP contribution in [-0.2, 0) is 9.53 Å². The number of esters is 1. The second-order valence-electron chi connectivity index (χ2n) is 7.37. The van der Waals surface area contributed by atoms with Crippen molar-refractivity contribution in [2.75, 3.05) is 11.9 Å². The van der Waals surface area contributed by atoms with Crippen LogP contribution in [-0.4, -0.2) is 35.1 Å². The van der Waals surface area contributed by atoms with Gasteiger partial charge >= 0.3 is 12.0 Å². The maximum absolute atomic E-state index is 14.2. The van der Waals surface area contributed by atoms with E-state index in [0.717, 1.165) is 6.07 Å². The van der Waals surface area contributed by atoms with Crippen molar-refractivity contribution in [2.24, 2.45) is 5.73 Å². The minimum atomic E-state index is -0.856. The van der Waals surface area contributed by atoms with Gasteiger partial charge in [0.15, 0.2) is 18.2 Å². The third-order valence-electron chi connectivity index (χ3n) is 3.61. The Kier molecular flexibility index (Phi) is 7.65. The average Bonchev–Trinajstić information content (AvgIpc) is 2.66. The number of hydrogen-bond acceptors (Lipinski definition) is 6. The number of carbonyl (C=O) groups excluding carboxylic acids is 3. The van der Waals surface area contributed by atoms with Crippen molar-refractivity contribution in [3.63, 3.8) is 0 Å². The zero-order valence-electron chi connectivity index (χ0n) is 17.2. The van der Waals surface area contributed by atoms with Crippen molar-refractivity contribution >= 4 is 40.8 Å². The van der Waals surface area contributed by atoms with Crippen molar-refractivity contribution < 1.29 is 28.2 Å². The summed E-state index contributed by atoms with van der Waals surface area (Å²) in [5.74, 6) is -2.30. The summed E-state index contributed by atoms with van der Waals surface area (Å²) < 4.78 is 24.4.